The Balaban J connectivity index is 1.47. The number of nitrogens with zero attached hydrogens (tertiary/aromatic N) is 6. The highest BCUT2D eigenvalue weighted by Crippen LogP contribution is 2.53. The fraction of sp³-hybridized carbons (Fsp3) is 0.217. The molecule has 2 aromatic carbocycles. The topological polar surface area (TPSA) is 89.1 Å². The highest BCUT2D eigenvalue weighted by atomic mass is 32.2. The zero-order chi connectivity index (χ0) is 23.2. The standard InChI is InChI=1S/C23H16F2N6OS/c1-30-21-8-14(3-5-20(21)31(33-30)13-16-10-23(16,24)25)18-9-17(4-2-15(18)11-26)32-22-19(12-27)28-6-7-29-22/h2-9,16H,10,13H2,1H3. The molecule has 1 aromatic heterocycles. The molecule has 2 heterocycles. The Morgan fingerprint density at radius 2 is 1.91 bits per heavy atom. The minimum absolute atomic E-state index is 0.0564. The third-order valence-corrected chi connectivity index (χ3v) is 6.54. The van der Waals surface area contributed by atoms with Crippen molar-refractivity contribution in [2.24, 2.45) is 5.92 Å². The Labute approximate surface area is 193 Å². The van der Waals surface area contributed by atoms with E-state index in [-0.39, 0.29) is 24.5 Å². The summed E-state index contributed by atoms with van der Waals surface area (Å²) in [5, 5.41) is 18.8. The maximum absolute atomic E-state index is 13.4. The van der Waals surface area contributed by atoms with E-state index >= 15 is 0 Å². The minimum Gasteiger partial charge on any atom is -0.436 e. The van der Waals surface area contributed by atoms with Gasteiger partial charge in [0.1, 0.15) is 11.8 Å². The number of rotatable bonds is 5. The third-order valence-electron chi connectivity index (χ3n) is 5.55. The number of hydrogen-bond donors (Lipinski definition) is 0. The number of aromatic nitrogens is 2. The summed E-state index contributed by atoms with van der Waals surface area (Å²) in [6, 6.07) is 14.8. The Kier molecular flexibility index (Phi) is 5.03. The number of hydrogen-bond acceptors (Lipinski definition) is 8. The van der Waals surface area contributed by atoms with Crippen molar-refractivity contribution in [2.45, 2.75) is 12.3 Å². The Morgan fingerprint density at radius 3 is 2.64 bits per heavy atom. The Bertz CT molecular complexity index is 1340. The molecule has 7 nitrogen and oxygen atoms in total. The first-order chi connectivity index (χ1) is 15.9. The molecular formula is C23H16F2N6OS. The second kappa shape index (κ2) is 7.91. The molecule has 10 heteroatoms. The van der Waals surface area contributed by atoms with Crippen molar-refractivity contribution in [2.75, 3.05) is 22.2 Å². The van der Waals surface area contributed by atoms with E-state index in [0.29, 0.717) is 16.9 Å². The van der Waals surface area contributed by atoms with Crippen molar-refractivity contribution in [3.8, 4) is 34.9 Å². The fourth-order valence-corrected chi connectivity index (χ4v) is 4.72. The number of benzene rings is 2. The molecule has 0 saturated heterocycles. The lowest BCUT2D eigenvalue weighted by Crippen LogP contribution is -2.18. The lowest BCUT2D eigenvalue weighted by Gasteiger charge is -2.16. The second-order valence-corrected chi connectivity index (χ2v) is 8.90. The molecule has 1 atom stereocenters. The highest BCUT2D eigenvalue weighted by Gasteiger charge is 2.57. The molecule has 0 spiro atoms. The lowest BCUT2D eigenvalue weighted by molar-refractivity contribution is 0.101. The van der Waals surface area contributed by atoms with Crippen LogP contribution in [0.3, 0.4) is 0 Å². The molecule has 33 heavy (non-hydrogen) atoms. The first-order valence-corrected chi connectivity index (χ1v) is 10.8. The molecule has 1 saturated carbocycles. The van der Waals surface area contributed by atoms with E-state index in [2.05, 4.69) is 16.0 Å². The number of nitriles is 2. The van der Waals surface area contributed by atoms with Crippen LogP contribution in [-0.4, -0.2) is 29.5 Å². The van der Waals surface area contributed by atoms with E-state index in [1.54, 1.807) is 18.2 Å². The van der Waals surface area contributed by atoms with Gasteiger partial charge in [-0.25, -0.2) is 18.7 Å². The normalized spacial score (nSPS) is 17.8. The van der Waals surface area contributed by atoms with Crippen LogP contribution in [0.4, 0.5) is 20.2 Å². The van der Waals surface area contributed by atoms with Crippen LogP contribution in [-0.2, 0) is 0 Å². The van der Waals surface area contributed by atoms with Gasteiger partial charge in [-0.3, -0.25) is 8.61 Å². The highest BCUT2D eigenvalue weighted by molar-refractivity contribution is 8.02. The number of fused-ring (bicyclic) bond motifs is 1. The van der Waals surface area contributed by atoms with Gasteiger partial charge < -0.3 is 4.74 Å². The zero-order valence-electron chi connectivity index (χ0n) is 17.4. The quantitative estimate of drug-likeness (QED) is 0.481. The van der Waals surface area contributed by atoms with Crippen molar-refractivity contribution < 1.29 is 13.5 Å². The van der Waals surface area contributed by atoms with E-state index in [0.717, 1.165) is 16.9 Å². The van der Waals surface area contributed by atoms with E-state index < -0.39 is 11.8 Å². The predicted octanol–water partition coefficient (Wildman–Crippen LogP) is 5.15. The second-order valence-electron chi connectivity index (χ2n) is 7.75. The average molecular weight is 462 g/mol. The van der Waals surface area contributed by atoms with E-state index in [9.17, 15) is 19.3 Å². The number of anilines is 2. The van der Waals surface area contributed by atoms with Gasteiger partial charge in [0.25, 0.3) is 11.8 Å². The fourth-order valence-electron chi connectivity index (χ4n) is 3.70. The summed E-state index contributed by atoms with van der Waals surface area (Å²) in [7, 11) is 1.88. The van der Waals surface area contributed by atoms with Crippen LogP contribution in [0, 0.1) is 28.6 Å². The van der Waals surface area contributed by atoms with Crippen LogP contribution in [0.1, 0.15) is 17.7 Å². The molecule has 1 unspecified atom stereocenters. The molecule has 1 fully saturated rings. The summed E-state index contributed by atoms with van der Waals surface area (Å²) in [4.78, 5) is 7.99. The van der Waals surface area contributed by atoms with Gasteiger partial charge in [-0.05, 0) is 35.9 Å². The molecule has 0 bridgehead atoms. The largest absolute Gasteiger partial charge is 0.436 e. The zero-order valence-corrected chi connectivity index (χ0v) is 18.2. The molecule has 0 radical (unpaired) electrons. The molecule has 2 aliphatic rings. The van der Waals surface area contributed by atoms with Gasteiger partial charge in [0, 0.05) is 43.9 Å². The van der Waals surface area contributed by atoms with Gasteiger partial charge in [0.15, 0.2) is 0 Å². The smallest absolute Gasteiger partial charge is 0.256 e. The summed E-state index contributed by atoms with van der Waals surface area (Å²) in [5.41, 5.74) is 3.66. The molecule has 0 N–H and O–H groups in total. The van der Waals surface area contributed by atoms with Gasteiger partial charge in [0.2, 0.25) is 5.69 Å². The summed E-state index contributed by atoms with van der Waals surface area (Å²) in [6.45, 7) is 0.278. The van der Waals surface area contributed by atoms with Crippen LogP contribution >= 0.6 is 12.1 Å². The maximum Gasteiger partial charge on any atom is 0.256 e. The van der Waals surface area contributed by atoms with Gasteiger partial charge in [-0.1, -0.05) is 6.07 Å². The number of halogens is 2. The van der Waals surface area contributed by atoms with Crippen molar-refractivity contribution in [1.82, 2.24) is 9.97 Å². The van der Waals surface area contributed by atoms with Crippen LogP contribution in [0.25, 0.3) is 11.1 Å². The van der Waals surface area contributed by atoms with Crippen molar-refractivity contribution in [1.29, 1.82) is 10.5 Å². The van der Waals surface area contributed by atoms with Gasteiger partial charge in [-0.15, -0.1) is 0 Å². The summed E-state index contributed by atoms with van der Waals surface area (Å²) in [6.07, 6.45) is 2.76. The van der Waals surface area contributed by atoms with Crippen molar-refractivity contribution in [3.05, 3.63) is 60.0 Å². The SMILES string of the molecule is CN1SN(CC2CC2(F)F)c2ccc(-c3cc(Oc4nccnc4C#N)ccc3C#N)cc21. The van der Waals surface area contributed by atoms with Crippen LogP contribution < -0.4 is 13.3 Å². The first-order valence-electron chi connectivity index (χ1n) is 10.0. The monoisotopic (exact) mass is 462 g/mol. The van der Waals surface area contributed by atoms with Crippen molar-refractivity contribution >= 4 is 23.5 Å². The molecule has 5 rings (SSSR count). The average Bonchev–Trinajstić information content (AvgIpc) is 3.30. The van der Waals surface area contributed by atoms with Gasteiger partial charge >= 0.3 is 0 Å². The molecular weight excluding hydrogens is 446 g/mol. The number of ether oxygens (including phenoxy) is 1. The molecule has 3 aromatic rings. The molecule has 164 valence electrons. The van der Waals surface area contributed by atoms with Crippen LogP contribution in [0.5, 0.6) is 11.6 Å². The maximum atomic E-state index is 13.4. The molecule has 0 amide bonds. The summed E-state index contributed by atoms with van der Waals surface area (Å²) < 4.78 is 36.4. The predicted molar refractivity (Wildman–Crippen MR) is 120 cm³/mol. The van der Waals surface area contributed by atoms with Gasteiger partial charge in [0.05, 0.1) is 35.1 Å². The van der Waals surface area contributed by atoms with E-state index in [4.69, 9.17) is 4.74 Å². The van der Waals surface area contributed by atoms with E-state index in [1.165, 1.54) is 24.5 Å². The number of alkyl halides is 2. The summed E-state index contributed by atoms with van der Waals surface area (Å²) in [5.74, 6) is -2.71. The summed E-state index contributed by atoms with van der Waals surface area (Å²) >= 11 is 1.38. The molecule has 1 aliphatic heterocycles. The van der Waals surface area contributed by atoms with Crippen LogP contribution in [0.2, 0.25) is 0 Å². The van der Waals surface area contributed by atoms with Crippen LogP contribution in [0.15, 0.2) is 48.8 Å². The third kappa shape index (κ3) is 3.90. The molecule has 1 aliphatic carbocycles. The Hall–Kier alpha value is -3.89. The Morgan fingerprint density at radius 1 is 1.12 bits per heavy atom. The lowest BCUT2D eigenvalue weighted by atomic mass is 9.99. The minimum atomic E-state index is -2.57. The van der Waals surface area contributed by atoms with Crippen molar-refractivity contribution in [3.63, 3.8) is 0 Å². The first kappa shape index (κ1) is 21.0. The van der Waals surface area contributed by atoms with E-state index in [1.807, 2.05) is 39.9 Å². The van der Waals surface area contributed by atoms with Gasteiger partial charge in [-0.2, -0.15) is 10.5 Å².